The summed E-state index contributed by atoms with van der Waals surface area (Å²) in [7, 11) is 0. The molecule has 4 rings (SSSR count). The fourth-order valence-corrected chi connectivity index (χ4v) is 3.45. The van der Waals surface area contributed by atoms with Gasteiger partial charge in [-0.25, -0.2) is 18.2 Å². The van der Waals surface area contributed by atoms with E-state index >= 15 is 0 Å². The molecule has 0 fully saturated rings. The van der Waals surface area contributed by atoms with Crippen molar-refractivity contribution < 1.29 is 18.0 Å². The van der Waals surface area contributed by atoms with E-state index in [1.165, 1.54) is 24.1 Å². The van der Waals surface area contributed by atoms with E-state index in [0.29, 0.717) is 24.2 Å². The van der Waals surface area contributed by atoms with Gasteiger partial charge >= 0.3 is 0 Å². The number of fused-ring (bicyclic) bond motifs is 2. The number of hydrogen-bond donors (Lipinski definition) is 1. The Balaban J connectivity index is 1.75. The number of aryl methyl sites for hydroxylation is 1. The average molecular weight is 360 g/mol. The minimum atomic E-state index is -0.842. The van der Waals surface area contributed by atoms with Gasteiger partial charge in [-0.1, -0.05) is 0 Å². The summed E-state index contributed by atoms with van der Waals surface area (Å²) in [6.07, 6.45) is 1.81. The number of carbonyl (C=O) groups is 1. The lowest BCUT2D eigenvalue weighted by molar-refractivity contribution is 0.0661. The van der Waals surface area contributed by atoms with E-state index in [2.05, 4.69) is 15.0 Å². The first kappa shape index (κ1) is 16.6. The molecule has 3 heterocycles. The number of hydrogen-bond acceptors (Lipinski definition) is 3. The Morgan fingerprint density at radius 1 is 1.27 bits per heavy atom. The lowest BCUT2D eigenvalue weighted by atomic mass is 9.97. The molecule has 134 valence electrons. The van der Waals surface area contributed by atoms with Crippen LogP contribution in [0.2, 0.25) is 0 Å². The van der Waals surface area contributed by atoms with Gasteiger partial charge in [-0.15, -0.1) is 0 Å². The van der Waals surface area contributed by atoms with Crippen LogP contribution in [-0.4, -0.2) is 32.3 Å². The second-order valence-electron chi connectivity index (χ2n) is 6.35. The van der Waals surface area contributed by atoms with Crippen LogP contribution in [0.1, 0.15) is 40.4 Å². The normalized spacial score (nSPS) is 16.8. The first-order chi connectivity index (χ1) is 12.4. The molecule has 1 aromatic carbocycles. The van der Waals surface area contributed by atoms with E-state index in [-0.39, 0.29) is 22.4 Å². The van der Waals surface area contributed by atoms with Crippen molar-refractivity contribution in [2.24, 2.45) is 0 Å². The van der Waals surface area contributed by atoms with Gasteiger partial charge in [-0.05, 0) is 19.9 Å². The summed E-state index contributed by atoms with van der Waals surface area (Å²) >= 11 is 0. The standard InChI is InChI=1S/C18H15F3N4O/c1-8-11(20)7-12(21)16-15(8)23-17(24-16)18(26)25-6-4-13-14(9(25)2)10(19)3-5-22-13/h3,5,7,9H,4,6H2,1-2H3,(H,23,24)/t9-/m0/s1. The molecule has 1 N–H and O–H groups in total. The summed E-state index contributed by atoms with van der Waals surface area (Å²) in [5, 5.41) is 0. The van der Waals surface area contributed by atoms with Crippen LogP contribution < -0.4 is 0 Å². The van der Waals surface area contributed by atoms with Crippen molar-refractivity contribution in [2.75, 3.05) is 6.54 Å². The van der Waals surface area contributed by atoms with Crippen molar-refractivity contribution in [2.45, 2.75) is 26.3 Å². The van der Waals surface area contributed by atoms with Gasteiger partial charge in [0, 0.05) is 36.4 Å². The number of amides is 1. The number of benzene rings is 1. The van der Waals surface area contributed by atoms with Crippen LogP contribution >= 0.6 is 0 Å². The molecule has 2 aromatic heterocycles. The molecule has 5 nitrogen and oxygen atoms in total. The molecule has 3 aromatic rings. The third-order valence-electron chi connectivity index (χ3n) is 4.87. The quantitative estimate of drug-likeness (QED) is 0.723. The molecule has 8 heteroatoms. The molecule has 0 aliphatic carbocycles. The maximum atomic E-state index is 14.2. The maximum Gasteiger partial charge on any atom is 0.290 e. The van der Waals surface area contributed by atoms with Gasteiger partial charge in [0.05, 0.1) is 17.3 Å². The zero-order chi connectivity index (χ0) is 18.6. The number of rotatable bonds is 1. The van der Waals surface area contributed by atoms with Gasteiger partial charge in [-0.2, -0.15) is 0 Å². The Morgan fingerprint density at radius 2 is 2.04 bits per heavy atom. The molecule has 1 aliphatic heterocycles. The van der Waals surface area contributed by atoms with E-state index < -0.39 is 29.4 Å². The van der Waals surface area contributed by atoms with Crippen LogP contribution in [0.3, 0.4) is 0 Å². The molecule has 1 atom stereocenters. The predicted molar refractivity (Wildman–Crippen MR) is 88.1 cm³/mol. The molecule has 0 saturated carbocycles. The zero-order valence-electron chi connectivity index (χ0n) is 14.1. The SMILES string of the molecule is Cc1c(F)cc(F)c2nc(C(=O)N3CCc4nccc(F)c4[C@@H]3C)[nH]c12. The van der Waals surface area contributed by atoms with Crippen LogP contribution in [0.4, 0.5) is 13.2 Å². The smallest absolute Gasteiger partial charge is 0.290 e. The fraction of sp³-hybridized carbons (Fsp3) is 0.278. The molecule has 0 unspecified atom stereocenters. The molecule has 1 aliphatic rings. The van der Waals surface area contributed by atoms with E-state index in [0.717, 1.165) is 6.07 Å². The second kappa shape index (κ2) is 5.82. The van der Waals surface area contributed by atoms with Gasteiger partial charge in [0.15, 0.2) is 11.6 Å². The van der Waals surface area contributed by atoms with Crippen molar-refractivity contribution >= 4 is 16.9 Å². The third kappa shape index (κ3) is 2.36. The van der Waals surface area contributed by atoms with Gasteiger partial charge in [-0.3, -0.25) is 9.78 Å². The van der Waals surface area contributed by atoms with Crippen molar-refractivity contribution in [3.8, 4) is 0 Å². The van der Waals surface area contributed by atoms with Crippen molar-refractivity contribution in [3.05, 3.63) is 58.4 Å². The highest BCUT2D eigenvalue weighted by atomic mass is 19.1. The summed E-state index contributed by atoms with van der Waals surface area (Å²) in [6, 6.07) is 1.45. The predicted octanol–water partition coefficient (Wildman–Crippen LogP) is 3.44. The summed E-state index contributed by atoms with van der Waals surface area (Å²) < 4.78 is 41.9. The van der Waals surface area contributed by atoms with Crippen molar-refractivity contribution in [1.29, 1.82) is 0 Å². The van der Waals surface area contributed by atoms with Gasteiger partial charge in [0.25, 0.3) is 5.91 Å². The molecule has 0 bridgehead atoms. The van der Waals surface area contributed by atoms with Crippen LogP contribution in [0.25, 0.3) is 11.0 Å². The Labute approximate surface area is 146 Å². The number of aromatic nitrogens is 3. The Hall–Kier alpha value is -2.90. The van der Waals surface area contributed by atoms with Crippen molar-refractivity contribution in [1.82, 2.24) is 19.9 Å². The van der Waals surface area contributed by atoms with Crippen LogP contribution in [0, 0.1) is 24.4 Å². The van der Waals surface area contributed by atoms with E-state index in [1.54, 1.807) is 6.92 Å². The molecule has 26 heavy (non-hydrogen) atoms. The fourth-order valence-electron chi connectivity index (χ4n) is 3.45. The number of nitrogens with one attached hydrogen (secondary N) is 1. The summed E-state index contributed by atoms with van der Waals surface area (Å²) in [5.74, 6) is -2.58. The summed E-state index contributed by atoms with van der Waals surface area (Å²) in [4.78, 5) is 25.2. The number of H-pyrrole nitrogens is 1. The first-order valence-corrected chi connectivity index (χ1v) is 8.17. The molecule has 1 amide bonds. The minimum absolute atomic E-state index is 0.0924. The highest BCUT2D eigenvalue weighted by Gasteiger charge is 2.32. The zero-order valence-corrected chi connectivity index (χ0v) is 14.1. The lowest BCUT2D eigenvalue weighted by Crippen LogP contribution is -2.40. The number of carbonyl (C=O) groups excluding carboxylic acids is 1. The van der Waals surface area contributed by atoms with Gasteiger partial charge < -0.3 is 9.88 Å². The Morgan fingerprint density at radius 3 is 2.81 bits per heavy atom. The lowest BCUT2D eigenvalue weighted by Gasteiger charge is -2.34. The largest absolute Gasteiger partial charge is 0.333 e. The van der Waals surface area contributed by atoms with Gasteiger partial charge in [0.2, 0.25) is 0 Å². The number of nitrogens with zero attached hydrogens (tertiary/aromatic N) is 3. The van der Waals surface area contributed by atoms with Crippen LogP contribution in [0.5, 0.6) is 0 Å². The molecular weight excluding hydrogens is 345 g/mol. The highest BCUT2D eigenvalue weighted by molar-refractivity contribution is 5.95. The molecular formula is C18H15F3N4O. The molecule has 0 saturated heterocycles. The van der Waals surface area contributed by atoms with Crippen LogP contribution in [-0.2, 0) is 6.42 Å². The monoisotopic (exact) mass is 360 g/mol. The molecule has 0 radical (unpaired) electrons. The third-order valence-corrected chi connectivity index (χ3v) is 4.87. The summed E-state index contributed by atoms with van der Waals surface area (Å²) in [5.41, 5.74) is 1.22. The second-order valence-corrected chi connectivity index (χ2v) is 6.35. The summed E-state index contributed by atoms with van der Waals surface area (Å²) in [6.45, 7) is 3.51. The first-order valence-electron chi connectivity index (χ1n) is 8.17. The Bertz CT molecular complexity index is 1050. The highest BCUT2D eigenvalue weighted by Crippen LogP contribution is 2.31. The average Bonchev–Trinajstić information content (AvgIpc) is 3.06. The van der Waals surface area contributed by atoms with Crippen LogP contribution in [0.15, 0.2) is 18.3 Å². The molecule has 0 spiro atoms. The number of aromatic amines is 1. The van der Waals surface area contributed by atoms with Crippen molar-refractivity contribution in [3.63, 3.8) is 0 Å². The van der Waals surface area contributed by atoms with E-state index in [9.17, 15) is 18.0 Å². The van der Waals surface area contributed by atoms with Gasteiger partial charge in [0.1, 0.15) is 17.2 Å². The van der Waals surface area contributed by atoms with E-state index in [1.807, 2.05) is 0 Å². The maximum absolute atomic E-state index is 14.2. The minimum Gasteiger partial charge on any atom is -0.333 e. The Kier molecular flexibility index (Phi) is 3.71. The number of imidazole rings is 1. The van der Waals surface area contributed by atoms with E-state index in [4.69, 9.17) is 0 Å². The topological polar surface area (TPSA) is 61.9 Å². The number of halogens is 3. The number of pyridine rings is 1.